The molecule has 33 heavy (non-hydrogen) atoms. The molecule has 1 aliphatic heterocycles. The Hall–Kier alpha value is -2.15. The number of aryl methyl sites for hydroxylation is 2. The molecule has 0 saturated carbocycles. The maximum atomic E-state index is 13.4. The highest BCUT2D eigenvalue weighted by molar-refractivity contribution is 7.89. The highest BCUT2D eigenvalue weighted by atomic mass is 32.2. The van der Waals surface area contributed by atoms with Crippen LogP contribution in [-0.2, 0) is 29.1 Å². The monoisotopic (exact) mass is 495 g/mol. The quantitative estimate of drug-likeness (QED) is 0.442. The molecule has 0 aromatic heterocycles. The highest BCUT2D eigenvalue weighted by Gasteiger charge is 2.28. The van der Waals surface area contributed by atoms with E-state index in [9.17, 15) is 21.6 Å². The molecule has 2 rings (SSSR count). The molecule has 7 nitrogen and oxygen atoms in total. The minimum atomic E-state index is -3.89. The fourth-order valence-corrected chi connectivity index (χ4v) is 5.73. The SMILES string of the molecule is CC#Cc1cc(C)c(/C2=C(\OS(=O)(=O)CC)CCCN(S(=O)(=O)CC)CCCC2=O)c(C)c1. The number of benzene rings is 1. The Kier molecular flexibility index (Phi) is 9.29. The summed E-state index contributed by atoms with van der Waals surface area (Å²) >= 11 is 0. The zero-order valence-electron chi connectivity index (χ0n) is 20.0. The summed E-state index contributed by atoms with van der Waals surface area (Å²) in [6.07, 6.45) is 0.889. The summed E-state index contributed by atoms with van der Waals surface area (Å²) in [5, 5.41) is 0. The number of Topliss-reactive ketones (excluding diaryl/α,β-unsaturated/α-hetero) is 1. The molecule has 0 aliphatic carbocycles. The lowest BCUT2D eigenvalue weighted by Gasteiger charge is -2.24. The van der Waals surface area contributed by atoms with Crippen LogP contribution in [0, 0.1) is 25.7 Å². The number of ketones is 1. The number of sulfonamides is 1. The van der Waals surface area contributed by atoms with Crippen molar-refractivity contribution in [3.8, 4) is 11.8 Å². The molecular formula is C24H33NO6S2. The van der Waals surface area contributed by atoms with Crippen LogP contribution >= 0.6 is 0 Å². The van der Waals surface area contributed by atoms with Crippen LogP contribution < -0.4 is 0 Å². The minimum Gasteiger partial charge on any atom is -0.386 e. The summed E-state index contributed by atoms with van der Waals surface area (Å²) in [6, 6.07) is 3.75. The molecule has 9 heteroatoms. The molecule has 0 unspecified atom stereocenters. The lowest BCUT2D eigenvalue weighted by molar-refractivity contribution is -0.114. The molecule has 0 fully saturated rings. The molecule has 0 bridgehead atoms. The van der Waals surface area contributed by atoms with Gasteiger partial charge in [0.1, 0.15) is 5.76 Å². The molecule has 0 saturated heterocycles. The van der Waals surface area contributed by atoms with E-state index in [1.54, 1.807) is 13.8 Å². The summed E-state index contributed by atoms with van der Waals surface area (Å²) in [5.74, 6) is 5.43. The van der Waals surface area contributed by atoms with Gasteiger partial charge in [-0.05, 0) is 76.3 Å². The first kappa shape index (κ1) is 27.1. The lowest BCUT2D eigenvalue weighted by Crippen LogP contribution is -2.35. The van der Waals surface area contributed by atoms with E-state index >= 15 is 0 Å². The third-order valence-corrected chi connectivity index (χ3v) is 8.62. The summed E-state index contributed by atoms with van der Waals surface area (Å²) in [7, 11) is -7.30. The fourth-order valence-electron chi connectivity index (χ4n) is 3.96. The Labute approximate surface area is 198 Å². The predicted octanol–water partition coefficient (Wildman–Crippen LogP) is 3.55. The van der Waals surface area contributed by atoms with Gasteiger partial charge in [0.15, 0.2) is 5.78 Å². The van der Waals surface area contributed by atoms with Crippen LogP contribution in [0.2, 0.25) is 0 Å². The lowest BCUT2D eigenvalue weighted by atomic mass is 9.88. The Morgan fingerprint density at radius 2 is 1.55 bits per heavy atom. The number of rotatable bonds is 6. The van der Waals surface area contributed by atoms with Crippen LogP contribution in [0.25, 0.3) is 5.57 Å². The Balaban J connectivity index is 2.67. The number of carbonyl (C=O) groups excluding carboxylic acids is 1. The molecule has 0 amide bonds. The molecule has 1 aliphatic rings. The van der Waals surface area contributed by atoms with Gasteiger partial charge in [0.2, 0.25) is 10.0 Å². The molecule has 0 atom stereocenters. The fraction of sp³-hybridized carbons (Fsp3) is 0.542. The molecular weight excluding hydrogens is 462 g/mol. The van der Waals surface area contributed by atoms with Gasteiger partial charge in [-0.1, -0.05) is 5.92 Å². The van der Waals surface area contributed by atoms with Crippen molar-refractivity contribution in [2.24, 2.45) is 0 Å². The van der Waals surface area contributed by atoms with E-state index in [-0.39, 0.29) is 54.6 Å². The van der Waals surface area contributed by atoms with Crippen molar-refractivity contribution in [3.05, 3.63) is 40.1 Å². The van der Waals surface area contributed by atoms with E-state index in [2.05, 4.69) is 11.8 Å². The number of hydrogen-bond donors (Lipinski definition) is 0. The number of nitrogens with zero attached hydrogens (tertiary/aromatic N) is 1. The first-order valence-corrected chi connectivity index (χ1v) is 14.3. The van der Waals surface area contributed by atoms with Crippen LogP contribution in [-0.4, -0.2) is 51.5 Å². The summed E-state index contributed by atoms with van der Waals surface area (Å²) < 4.78 is 56.4. The van der Waals surface area contributed by atoms with Crippen molar-refractivity contribution in [1.82, 2.24) is 4.31 Å². The van der Waals surface area contributed by atoms with Gasteiger partial charge in [0.25, 0.3) is 0 Å². The van der Waals surface area contributed by atoms with Crippen molar-refractivity contribution in [1.29, 1.82) is 0 Å². The molecule has 0 N–H and O–H groups in total. The van der Waals surface area contributed by atoms with Crippen LogP contribution in [0.1, 0.15) is 68.7 Å². The van der Waals surface area contributed by atoms with Gasteiger partial charge >= 0.3 is 10.1 Å². The van der Waals surface area contributed by atoms with E-state index < -0.39 is 20.1 Å². The molecule has 1 heterocycles. The number of carbonyl (C=O) groups is 1. The molecule has 0 radical (unpaired) electrons. The van der Waals surface area contributed by atoms with Crippen LogP contribution in [0.3, 0.4) is 0 Å². The van der Waals surface area contributed by atoms with E-state index in [0.29, 0.717) is 18.4 Å². The van der Waals surface area contributed by atoms with Crippen LogP contribution in [0.5, 0.6) is 0 Å². The smallest absolute Gasteiger partial charge is 0.308 e. The summed E-state index contributed by atoms with van der Waals surface area (Å²) in [4.78, 5) is 13.4. The second kappa shape index (κ2) is 11.3. The number of hydrogen-bond acceptors (Lipinski definition) is 6. The van der Waals surface area contributed by atoms with Gasteiger partial charge in [-0.15, -0.1) is 5.92 Å². The van der Waals surface area contributed by atoms with Gasteiger partial charge in [0, 0.05) is 31.5 Å². The molecule has 1 aromatic rings. The minimum absolute atomic E-state index is 0.0268. The van der Waals surface area contributed by atoms with Gasteiger partial charge in [-0.25, -0.2) is 12.7 Å². The summed E-state index contributed by atoms with van der Waals surface area (Å²) in [6.45, 7) is 9.02. The van der Waals surface area contributed by atoms with Gasteiger partial charge in [0.05, 0.1) is 17.1 Å². The maximum absolute atomic E-state index is 13.4. The third kappa shape index (κ3) is 6.92. The van der Waals surface area contributed by atoms with Gasteiger partial charge in [-0.2, -0.15) is 8.42 Å². The average molecular weight is 496 g/mol. The first-order chi connectivity index (χ1) is 15.5. The topological polar surface area (TPSA) is 97.8 Å². The Bertz CT molecular complexity index is 1180. The van der Waals surface area contributed by atoms with E-state index in [1.807, 2.05) is 26.0 Å². The van der Waals surface area contributed by atoms with Crippen LogP contribution in [0.4, 0.5) is 0 Å². The van der Waals surface area contributed by atoms with E-state index in [0.717, 1.165) is 16.7 Å². The Morgan fingerprint density at radius 3 is 2.06 bits per heavy atom. The second-order valence-electron chi connectivity index (χ2n) is 8.02. The normalized spacial score (nSPS) is 19.0. The maximum Gasteiger partial charge on any atom is 0.308 e. The van der Waals surface area contributed by atoms with Crippen molar-refractivity contribution in [3.63, 3.8) is 0 Å². The third-order valence-electron chi connectivity index (χ3n) is 5.57. The number of allylic oxidation sites excluding steroid dienone is 2. The Morgan fingerprint density at radius 1 is 0.970 bits per heavy atom. The second-order valence-corrected chi connectivity index (χ2v) is 12.1. The first-order valence-electron chi connectivity index (χ1n) is 11.2. The molecule has 0 spiro atoms. The molecule has 1 aromatic carbocycles. The largest absolute Gasteiger partial charge is 0.386 e. The predicted molar refractivity (Wildman–Crippen MR) is 130 cm³/mol. The van der Waals surface area contributed by atoms with Crippen molar-refractivity contribution >= 4 is 31.5 Å². The zero-order chi connectivity index (χ0) is 24.8. The highest BCUT2D eigenvalue weighted by Crippen LogP contribution is 2.33. The van der Waals surface area contributed by atoms with Crippen molar-refractivity contribution in [2.45, 2.75) is 60.3 Å². The van der Waals surface area contributed by atoms with Gasteiger partial charge in [-0.3, -0.25) is 4.79 Å². The molecule has 182 valence electrons. The van der Waals surface area contributed by atoms with Crippen molar-refractivity contribution < 1.29 is 25.8 Å². The average Bonchev–Trinajstić information content (AvgIpc) is 2.74. The van der Waals surface area contributed by atoms with E-state index in [1.165, 1.54) is 11.2 Å². The zero-order valence-corrected chi connectivity index (χ0v) is 21.7. The van der Waals surface area contributed by atoms with Crippen molar-refractivity contribution in [2.75, 3.05) is 24.6 Å². The van der Waals surface area contributed by atoms with Crippen LogP contribution in [0.15, 0.2) is 17.9 Å². The van der Waals surface area contributed by atoms with Gasteiger partial charge < -0.3 is 4.18 Å². The standard InChI is InChI=1S/C24H33NO6S2/c1-6-11-20-16-18(4)23(19(5)17-20)24-21(26)12-9-14-25(32(27,28)7-2)15-10-13-22(24)31-33(29,30)8-3/h16-17H,7-10,12-15H2,1-5H3/b24-22-. The van der Waals surface area contributed by atoms with E-state index in [4.69, 9.17) is 4.18 Å². The summed E-state index contributed by atoms with van der Waals surface area (Å²) in [5.41, 5.74) is 3.34.